The molecule has 1 N–H and O–H groups in total. The Bertz CT molecular complexity index is 267. The molecule has 104 valence electrons. The van der Waals surface area contributed by atoms with Gasteiger partial charge in [0.15, 0.2) is 0 Å². The number of rotatable bonds is 5. The molecule has 0 amide bonds. The predicted molar refractivity (Wildman–Crippen MR) is 75.9 cm³/mol. The van der Waals surface area contributed by atoms with E-state index in [1.54, 1.807) is 0 Å². The highest BCUT2D eigenvalue weighted by Crippen LogP contribution is 2.28. The Morgan fingerprint density at radius 3 is 2.94 bits per heavy atom. The van der Waals surface area contributed by atoms with Gasteiger partial charge in [-0.05, 0) is 44.8 Å². The van der Waals surface area contributed by atoms with Crippen LogP contribution >= 0.6 is 11.8 Å². The van der Waals surface area contributed by atoms with E-state index in [0.717, 1.165) is 31.1 Å². The Morgan fingerprint density at radius 2 is 2.22 bits per heavy atom. The van der Waals surface area contributed by atoms with Crippen LogP contribution in [0, 0.1) is 5.92 Å². The second-order valence-corrected chi connectivity index (χ2v) is 6.76. The Labute approximate surface area is 114 Å². The molecule has 0 radical (unpaired) electrons. The number of ether oxygens (including phenoxy) is 1. The van der Waals surface area contributed by atoms with Gasteiger partial charge in [-0.2, -0.15) is 11.8 Å². The van der Waals surface area contributed by atoms with E-state index in [4.69, 9.17) is 4.74 Å². The fourth-order valence-corrected chi connectivity index (χ4v) is 4.17. The van der Waals surface area contributed by atoms with Crippen LogP contribution in [0.5, 0.6) is 0 Å². The van der Waals surface area contributed by atoms with Crippen LogP contribution in [0.1, 0.15) is 45.4 Å². The minimum Gasteiger partial charge on any atom is -0.466 e. The van der Waals surface area contributed by atoms with Crippen LogP contribution in [-0.4, -0.2) is 36.2 Å². The monoisotopic (exact) mass is 271 g/mol. The van der Waals surface area contributed by atoms with Gasteiger partial charge >= 0.3 is 5.97 Å². The number of carbonyl (C=O) groups excluding carboxylic acids is 1. The molecular formula is C14H25NO2S. The molecule has 0 aromatic heterocycles. The summed E-state index contributed by atoms with van der Waals surface area (Å²) in [5, 5.41) is 4.46. The average Bonchev–Trinajstić information content (AvgIpc) is 2.90. The van der Waals surface area contributed by atoms with Crippen LogP contribution in [0.15, 0.2) is 0 Å². The lowest BCUT2D eigenvalue weighted by molar-refractivity contribution is -0.149. The second kappa shape index (κ2) is 7.39. The van der Waals surface area contributed by atoms with Crippen molar-refractivity contribution in [1.29, 1.82) is 0 Å². The van der Waals surface area contributed by atoms with Gasteiger partial charge in [0.1, 0.15) is 0 Å². The average molecular weight is 271 g/mol. The largest absolute Gasteiger partial charge is 0.466 e. The van der Waals surface area contributed by atoms with Crippen molar-refractivity contribution in [3.63, 3.8) is 0 Å². The van der Waals surface area contributed by atoms with E-state index in [0.29, 0.717) is 12.6 Å². The Morgan fingerprint density at radius 1 is 1.33 bits per heavy atom. The van der Waals surface area contributed by atoms with Crippen LogP contribution in [0.25, 0.3) is 0 Å². The first kappa shape index (κ1) is 14.2. The van der Waals surface area contributed by atoms with Crippen molar-refractivity contribution in [2.45, 2.75) is 56.7 Å². The number of carbonyl (C=O) groups is 1. The topological polar surface area (TPSA) is 38.3 Å². The van der Waals surface area contributed by atoms with Crippen LogP contribution in [-0.2, 0) is 9.53 Å². The van der Waals surface area contributed by atoms with E-state index in [1.165, 1.54) is 25.0 Å². The SMILES string of the molecule is CCOC(=O)C1CCCC(NCC2CCCS2)C1. The van der Waals surface area contributed by atoms with Crippen LogP contribution in [0.4, 0.5) is 0 Å². The van der Waals surface area contributed by atoms with Gasteiger partial charge in [-0.25, -0.2) is 0 Å². The zero-order chi connectivity index (χ0) is 12.8. The number of nitrogens with one attached hydrogen (secondary N) is 1. The molecule has 1 saturated carbocycles. The number of esters is 1. The van der Waals surface area contributed by atoms with Gasteiger partial charge in [0.25, 0.3) is 0 Å². The van der Waals surface area contributed by atoms with Crippen LogP contribution in [0.3, 0.4) is 0 Å². The molecule has 1 saturated heterocycles. The van der Waals surface area contributed by atoms with E-state index in [-0.39, 0.29) is 11.9 Å². The minimum atomic E-state index is 0.0132. The molecule has 1 heterocycles. The summed E-state index contributed by atoms with van der Waals surface area (Å²) in [6, 6.07) is 0.523. The van der Waals surface area contributed by atoms with Gasteiger partial charge in [-0.3, -0.25) is 4.79 Å². The van der Waals surface area contributed by atoms with Crippen LogP contribution < -0.4 is 5.32 Å². The number of thioether (sulfide) groups is 1. The normalized spacial score (nSPS) is 32.4. The number of hydrogen-bond acceptors (Lipinski definition) is 4. The van der Waals surface area contributed by atoms with E-state index >= 15 is 0 Å². The molecule has 2 fully saturated rings. The Kier molecular flexibility index (Phi) is 5.83. The summed E-state index contributed by atoms with van der Waals surface area (Å²) >= 11 is 2.09. The second-order valence-electron chi connectivity index (χ2n) is 5.36. The van der Waals surface area contributed by atoms with Gasteiger partial charge in [0.2, 0.25) is 0 Å². The lowest BCUT2D eigenvalue weighted by Crippen LogP contribution is -2.39. The van der Waals surface area contributed by atoms with Gasteiger partial charge in [-0.15, -0.1) is 0 Å². The van der Waals surface area contributed by atoms with E-state index < -0.39 is 0 Å². The molecule has 18 heavy (non-hydrogen) atoms. The third-order valence-corrected chi connectivity index (χ3v) is 5.35. The third kappa shape index (κ3) is 4.16. The van der Waals surface area contributed by atoms with Crippen molar-refractivity contribution >= 4 is 17.7 Å². The molecule has 3 atom stereocenters. The smallest absolute Gasteiger partial charge is 0.308 e. The van der Waals surface area contributed by atoms with Crippen molar-refractivity contribution in [3.05, 3.63) is 0 Å². The van der Waals surface area contributed by atoms with Gasteiger partial charge in [-0.1, -0.05) is 6.42 Å². The summed E-state index contributed by atoms with van der Waals surface area (Å²) in [6.07, 6.45) is 7.07. The maximum Gasteiger partial charge on any atom is 0.308 e. The van der Waals surface area contributed by atoms with Crippen LogP contribution in [0.2, 0.25) is 0 Å². The molecular weight excluding hydrogens is 246 g/mol. The highest BCUT2D eigenvalue weighted by atomic mass is 32.2. The van der Waals surface area contributed by atoms with Crippen molar-refractivity contribution in [2.24, 2.45) is 5.92 Å². The summed E-state index contributed by atoms with van der Waals surface area (Å²) in [7, 11) is 0. The van der Waals surface area contributed by atoms with Gasteiger partial charge in [0, 0.05) is 17.8 Å². The zero-order valence-electron chi connectivity index (χ0n) is 11.3. The maximum atomic E-state index is 11.8. The first-order chi connectivity index (χ1) is 8.79. The Balaban J connectivity index is 1.70. The van der Waals surface area contributed by atoms with E-state index in [1.807, 2.05) is 6.92 Å². The lowest BCUT2D eigenvalue weighted by atomic mass is 9.85. The lowest BCUT2D eigenvalue weighted by Gasteiger charge is -2.29. The van der Waals surface area contributed by atoms with Gasteiger partial charge < -0.3 is 10.1 Å². The third-order valence-electron chi connectivity index (χ3n) is 3.95. The molecule has 1 aliphatic carbocycles. The maximum absolute atomic E-state index is 11.8. The highest BCUT2D eigenvalue weighted by Gasteiger charge is 2.28. The molecule has 0 aromatic carbocycles. The molecule has 0 spiro atoms. The fraction of sp³-hybridized carbons (Fsp3) is 0.929. The van der Waals surface area contributed by atoms with Crippen molar-refractivity contribution in [3.8, 4) is 0 Å². The molecule has 2 aliphatic rings. The molecule has 3 nitrogen and oxygen atoms in total. The summed E-state index contributed by atoms with van der Waals surface area (Å²) < 4.78 is 5.14. The summed E-state index contributed by atoms with van der Waals surface area (Å²) in [4.78, 5) is 11.8. The first-order valence-corrected chi connectivity index (χ1v) is 8.36. The Hall–Kier alpha value is -0.220. The summed E-state index contributed by atoms with van der Waals surface area (Å²) in [6.45, 7) is 3.50. The van der Waals surface area contributed by atoms with Crippen molar-refractivity contribution < 1.29 is 9.53 Å². The van der Waals surface area contributed by atoms with Gasteiger partial charge in [0.05, 0.1) is 12.5 Å². The first-order valence-electron chi connectivity index (χ1n) is 7.31. The van der Waals surface area contributed by atoms with E-state index in [9.17, 15) is 4.79 Å². The fourth-order valence-electron chi connectivity index (χ4n) is 2.95. The molecule has 0 aromatic rings. The zero-order valence-corrected chi connectivity index (χ0v) is 12.1. The summed E-state index contributed by atoms with van der Waals surface area (Å²) in [5.74, 6) is 1.47. The van der Waals surface area contributed by atoms with Crippen molar-refractivity contribution in [1.82, 2.24) is 5.32 Å². The molecule has 2 rings (SSSR count). The standard InChI is InChI=1S/C14H25NO2S/c1-2-17-14(16)11-5-3-6-12(9-11)15-10-13-7-4-8-18-13/h11-13,15H,2-10H2,1H3. The quantitative estimate of drug-likeness (QED) is 0.780. The molecule has 3 unspecified atom stereocenters. The molecule has 0 bridgehead atoms. The molecule has 4 heteroatoms. The minimum absolute atomic E-state index is 0.0132. The highest BCUT2D eigenvalue weighted by molar-refractivity contribution is 8.00. The predicted octanol–water partition coefficient (Wildman–Crippen LogP) is 2.59. The van der Waals surface area contributed by atoms with Crippen molar-refractivity contribution in [2.75, 3.05) is 18.9 Å². The van der Waals surface area contributed by atoms with E-state index in [2.05, 4.69) is 17.1 Å². The molecule has 1 aliphatic heterocycles. The summed E-state index contributed by atoms with van der Waals surface area (Å²) in [5.41, 5.74) is 0. The number of hydrogen-bond donors (Lipinski definition) is 1.